The molecule has 1 fully saturated rings. The minimum absolute atomic E-state index is 0.135. The largest absolute Gasteiger partial charge is 0.369 e. The molecule has 1 unspecified atom stereocenters. The van der Waals surface area contributed by atoms with Gasteiger partial charge in [-0.25, -0.2) is 14.4 Å². The van der Waals surface area contributed by atoms with Crippen molar-refractivity contribution in [1.82, 2.24) is 15.3 Å². The summed E-state index contributed by atoms with van der Waals surface area (Å²) in [5.41, 5.74) is 1.79. The van der Waals surface area contributed by atoms with Crippen LogP contribution in [0.15, 0.2) is 36.7 Å². The highest BCUT2D eigenvalue weighted by atomic mass is 19.1. The number of nitrogens with zero attached hydrogens (tertiary/aromatic N) is 4. The second kappa shape index (κ2) is 7.57. The predicted molar refractivity (Wildman–Crippen MR) is 94.8 cm³/mol. The van der Waals surface area contributed by atoms with E-state index in [1.165, 1.54) is 6.07 Å². The second-order valence-electron chi connectivity index (χ2n) is 6.47. The number of rotatable bonds is 6. The van der Waals surface area contributed by atoms with Crippen molar-refractivity contribution >= 4 is 11.6 Å². The first-order valence-electron chi connectivity index (χ1n) is 8.32. The monoisotopic (exact) mass is 329 g/mol. The number of hydrogen-bond donors (Lipinski definition) is 1. The lowest BCUT2D eigenvalue weighted by Gasteiger charge is -2.19. The van der Waals surface area contributed by atoms with Crippen LogP contribution in [0.1, 0.15) is 12.0 Å². The highest BCUT2D eigenvalue weighted by Gasteiger charge is 2.23. The van der Waals surface area contributed by atoms with Crippen molar-refractivity contribution in [2.24, 2.45) is 5.92 Å². The number of hydrogen-bond acceptors (Lipinski definition) is 5. The van der Waals surface area contributed by atoms with Crippen LogP contribution >= 0.6 is 0 Å². The predicted octanol–water partition coefficient (Wildman–Crippen LogP) is 2.30. The van der Waals surface area contributed by atoms with Gasteiger partial charge in [0.25, 0.3) is 0 Å². The SMILES string of the molecule is CN(C)c1ncc(CNCC2CCN(c3ccccc3F)C2)cn1. The smallest absolute Gasteiger partial charge is 0.224 e. The van der Waals surface area contributed by atoms with Crippen LogP contribution in [0.2, 0.25) is 0 Å². The van der Waals surface area contributed by atoms with Gasteiger partial charge in [-0.05, 0) is 24.5 Å². The number of nitrogens with one attached hydrogen (secondary N) is 1. The van der Waals surface area contributed by atoms with Crippen LogP contribution in [-0.2, 0) is 6.54 Å². The fourth-order valence-electron chi connectivity index (χ4n) is 3.02. The van der Waals surface area contributed by atoms with Gasteiger partial charge in [0.15, 0.2) is 0 Å². The highest BCUT2D eigenvalue weighted by Crippen LogP contribution is 2.25. The molecule has 1 N–H and O–H groups in total. The molecule has 0 radical (unpaired) electrons. The fraction of sp³-hybridized carbons (Fsp3) is 0.444. The van der Waals surface area contributed by atoms with Crippen LogP contribution in [0.4, 0.5) is 16.0 Å². The van der Waals surface area contributed by atoms with Gasteiger partial charge in [-0.15, -0.1) is 0 Å². The molecule has 1 aliphatic heterocycles. The molecule has 1 atom stereocenters. The van der Waals surface area contributed by atoms with Crippen LogP contribution in [-0.4, -0.2) is 43.7 Å². The zero-order valence-corrected chi connectivity index (χ0v) is 14.2. The van der Waals surface area contributed by atoms with Gasteiger partial charge in [-0.2, -0.15) is 0 Å². The molecule has 3 rings (SSSR count). The van der Waals surface area contributed by atoms with Crippen LogP contribution in [0.5, 0.6) is 0 Å². The quantitative estimate of drug-likeness (QED) is 0.881. The minimum atomic E-state index is -0.135. The average Bonchev–Trinajstić information content (AvgIpc) is 3.04. The van der Waals surface area contributed by atoms with Crippen molar-refractivity contribution in [2.45, 2.75) is 13.0 Å². The van der Waals surface area contributed by atoms with E-state index < -0.39 is 0 Å². The lowest BCUT2D eigenvalue weighted by molar-refractivity contribution is 0.515. The Balaban J connectivity index is 1.46. The molecule has 0 bridgehead atoms. The summed E-state index contributed by atoms with van der Waals surface area (Å²) in [4.78, 5) is 12.6. The van der Waals surface area contributed by atoms with E-state index in [1.54, 1.807) is 6.07 Å². The molecule has 5 nitrogen and oxygen atoms in total. The van der Waals surface area contributed by atoms with Crippen molar-refractivity contribution in [3.8, 4) is 0 Å². The van der Waals surface area contributed by atoms with Gasteiger partial charge in [0.2, 0.25) is 5.95 Å². The molecule has 0 amide bonds. The first-order valence-corrected chi connectivity index (χ1v) is 8.32. The summed E-state index contributed by atoms with van der Waals surface area (Å²) in [5, 5.41) is 3.46. The zero-order chi connectivity index (χ0) is 16.9. The van der Waals surface area contributed by atoms with E-state index in [9.17, 15) is 4.39 Å². The summed E-state index contributed by atoms with van der Waals surface area (Å²) in [6.07, 6.45) is 4.79. The third kappa shape index (κ3) is 4.00. The number of anilines is 2. The van der Waals surface area contributed by atoms with Crippen molar-refractivity contribution in [2.75, 3.05) is 43.5 Å². The van der Waals surface area contributed by atoms with Gasteiger partial charge in [-0.3, -0.25) is 0 Å². The molecule has 24 heavy (non-hydrogen) atoms. The second-order valence-corrected chi connectivity index (χ2v) is 6.47. The van der Waals surface area contributed by atoms with Gasteiger partial charge in [0.05, 0.1) is 5.69 Å². The molecular formula is C18H24FN5. The van der Waals surface area contributed by atoms with Crippen molar-refractivity contribution in [1.29, 1.82) is 0 Å². The normalized spacial score (nSPS) is 17.3. The Morgan fingerprint density at radius 1 is 1.25 bits per heavy atom. The maximum absolute atomic E-state index is 13.9. The van der Waals surface area contributed by atoms with Gasteiger partial charge < -0.3 is 15.1 Å². The van der Waals surface area contributed by atoms with Crippen LogP contribution in [0, 0.1) is 11.7 Å². The first-order chi connectivity index (χ1) is 11.6. The maximum atomic E-state index is 13.9. The number of halogens is 1. The topological polar surface area (TPSA) is 44.3 Å². The van der Waals surface area contributed by atoms with Crippen LogP contribution < -0.4 is 15.1 Å². The molecule has 1 aliphatic rings. The van der Waals surface area contributed by atoms with Gasteiger partial charge in [-0.1, -0.05) is 12.1 Å². The van der Waals surface area contributed by atoms with E-state index in [2.05, 4.69) is 20.2 Å². The number of benzene rings is 1. The van der Waals surface area contributed by atoms with E-state index in [4.69, 9.17) is 0 Å². The van der Waals surface area contributed by atoms with Crippen molar-refractivity contribution < 1.29 is 4.39 Å². The van der Waals surface area contributed by atoms with E-state index in [0.717, 1.165) is 44.1 Å². The molecule has 0 aliphatic carbocycles. The zero-order valence-electron chi connectivity index (χ0n) is 14.2. The molecule has 2 aromatic rings. The molecule has 128 valence electrons. The van der Waals surface area contributed by atoms with E-state index in [0.29, 0.717) is 11.6 Å². The van der Waals surface area contributed by atoms with Gasteiger partial charge >= 0.3 is 0 Å². The fourth-order valence-corrected chi connectivity index (χ4v) is 3.02. The van der Waals surface area contributed by atoms with Gasteiger partial charge in [0.1, 0.15) is 5.82 Å². The average molecular weight is 329 g/mol. The summed E-state index contributed by atoms with van der Waals surface area (Å²) in [7, 11) is 3.85. The molecule has 1 aromatic carbocycles. The summed E-state index contributed by atoms with van der Waals surface area (Å²) < 4.78 is 13.9. The third-order valence-electron chi connectivity index (χ3n) is 4.33. The lowest BCUT2D eigenvalue weighted by Crippen LogP contribution is -2.26. The molecule has 1 aromatic heterocycles. The Morgan fingerprint density at radius 2 is 2.00 bits per heavy atom. The summed E-state index contributed by atoms with van der Waals surface area (Å²) in [6, 6.07) is 7.01. The molecule has 6 heteroatoms. The molecule has 1 saturated heterocycles. The first kappa shape index (κ1) is 16.6. The molecule has 2 heterocycles. The summed E-state index contributed by atoms with van der Waals surface area (Å²) >= 11 is 0. The Labute approximate surface area is 142 Å². The van der Waals surface area contributed by atoms with Crippen LogP contribution in [0.25, 0.3) is 0 Å². The molecule has 0 spiro atoms. The summed E-state index contributed by atoms with van der Waals surface area (Å²) in [6.45, 7) is 3.47. The number of para-hydroxylation sites is 1. The van der Waals surface area contributed by atoms with Gasteiger partial charge in [0, 0.05) is 58.2 Å². The molecular weight excluding hydrogens is 305 g/mol. The Bertz CT molecular complexity index is 659. The standard InChI is InChI=1S/C18H24FN5/c1-23(2)18-21-11-15(12-22-18)10-20-9-14-7-8-24(13-14)17-6-4-3-5-16(17)19/h3-6,11-12,14,20H,7-10,13H2,1-2H3. The third-order valence-corrected chi connectivity index (χ3v) is 4.33. The Hall–Kier alpha value is -2.21. The van der Waals surface area contributed by atoms with Crippen molar-refractivity contribution in [3.63, 3.8) is 0 Å². The summed E-state index contributed by atoms with van der Waals surface area (Å²) in [5.74, 6) is 1.12. The van der Waals surface area contributed by atoms with E-state index in [-0.39, 0.29) is 5.82 Å². The highest BCUT2D eigenvalue weighted by molar-refractivity contribution is 5.48. The van der Waals surface area contributed by atoms with E-state index >= 15 is 0 Å². The van der Waals surface area contributed by atoms with Crippen LogP contribution in [0.3, 0.4) is 0 Å². The maximum Gasteiger partial charge on any atom is 0.224 e. The minimum Gasteiger partial charge on any atom is -0.369 e. The molecule has 0 saturated carbocycles. The van der Waals surface area contributed by atoms with Crippen molar-refractivity contribution in [3.05, 3.63) is 48.0 Å². The van der Waals surface area contributed by atoms with E-state index in [1.807, 2.05) is 43.5 Å². The Kier molecular flexibility index (Phi) is 5.25. The number of aromatic nitrogens is 2. The Morgan fingerprint density at radius 3 is 2.71 bits per heavy atom. The lowest BCUT2D eigenvalue weighted by atomic mass is 10.1.